The summed E-state index contributed by atoms with van der Waals surface area (Å²) in [6.07, 6.45) is 2.42. The van der Waals surface area contributed by atoms with E-state index in [0.29, 0.717) is 109 Å². The first-order valence-electron chi connectivity index (χ1n) is 23.1. The average molecular weight is 926 g/mol. The van der Waals surface area contributed by atoms with Crippen molar-refractivity contribution >= 4 is 17.7 Å². The fourth-order valence-corrected chi connectivity index (χ4v) is 9.24. The molecule has 0 aliphatic carbocycles. The number of hydrogen-bond acceptors (Lipinski definition) is 13. The zero-order valence-corrected chi connectivity index (χ0v) is 39.3. The fraction of sp³-hybridized carbons (Fsp3) is 0.365. The summed E-state index contributed by atoms with van der Waals surface area (Å²) >= 11 is 0. The lowest BCUT2D eigenvalue weighted by Crippen LogP contribution is -2.37. The van der Waals surface area contributed by atoms with Crippen molar-refractivity contribution in [2.75, 3.05) is 46.8 Å². The van der Waals surface area contributed by atoms with E-state index in [0.717, 1.165) is 28.8 Å². The Labute approximate surface area is 394 Å². The molecule has 2 aliphatic heterocycles. The molecule has 0 spiro atoms. The van der Waals surface area contributed by atoms with Gasteiger partial charge in [0.25, 0.3) is 11.8 Å². The van der Waals surface area contributed by atoms with Crippen LogP contribution < -0.4 is 11.1 Å². The number of carbonyl (C=O) groups excluding carboxylic acids is 3. The van der Waals surface area contributed by atoms with Crippen molar-refractivity contribution in [1.29, 1.82) is 0 Å². The Hall–Kier alpha value is -7.17. The molecule has 0 bridgehead atoms. The zero-order valence-electron chi connectivity index (χ0n) is 39.3. The summed E-state index contributed by atoms with van der Waals surface area (Å²) in [5.74, 6) is -1.71. The molecule has 68 heavy (non-hydrogen) atoms. The van der Waals surface area contributed by atoms with Crippen LogP contribution in [0.4, 0.5) is 0 Å². The number of aromatic nitrogens is 2. The van der Waals surface area contributed by atoms with E-state index < -0.39 is 11.8 Å². The van der Waals surface area contributed by atoms with Crippen LogP contribution in [0.5, 0.6) is 23.0 Å². The van der Waals surface area contributed by atoms with Crippen LogP contribution in [0.1, 0.15) is 107 Å². The Morgan fingerprint density at radius 2 is 1.34 bits per heavy atom. The lowest BCUT2D eigenvalue weighted by molar-refractivity contribution is -0.132. The van der Waals surface area contributed by atoms with Crippen molar-refractivity contribution in [3.05, 3.63) is 105 Å². The maximum absolute atomic E-state index is 14.1. The molecular formula is C52H59N7O9. The Bertz CT molecular complexity index is 2900. The minimum atomic E-state index is -0.800. The molecule has 7 N–H and O–H groups in total. The van der Waals surface area contributed by atoms with Gasteiger partial charge in [-0.3, -0.25) is 19.3 Å². The van der Waals surface area contributed by atoms with Gasteiger partial charge in [-0.2, -0.15) is 0 Å². The highest BCUT2D eigenvalue weighted by Gasteiger charge is 2.31. The molecular weight excluding hydrogens is 867 g/mol. The van der Waals surface area contributed by atoms with Crippen LogP contribution in [-0.4, -0.2) is 110 Å². The van der Waals surface area contributed by atoms with Crippen LogP contribution in [0, 0.1) is 0 Å². The van der Waals surface area contributed by atoms with Gasteiger partial charge < -0.3 is 50.3 Å². The highest BCUT2D eigenvalue weighted by Crippen LogP contribution is 2.45. The Morgan fingerprint density at radius 1 is 0.735 bits per heavy atom. The summed E-state index contributed by atoms with van der Waals surface area (Å²) < 4.78 is 11.4. The lowest BCUT2D eigenvalue weighted by Gasteiger charge is -2.29. The molecule has 16 nitrogen and oxygen atoms in total. The predicted molar refractivity (Wildman–Crippen MR) is 256 cm³/mol. The second-order valence-electron chi connectivity index (χ2n) is 18.7. The molecule has 3 amide bonds. The first-order valence-corrected chi connectivity index (χ1v) is 23.1. The third-order valence-electron chi connectivity index (χ3n) is 13.0. The Balaban J connectivity index is 0.976. The molecule has 16 heteroatoms. The smallest absolute Gasteiger partial charge is 0.288 e. The molecule has 0 saturated heterocycles. The van der Waals surface area contributed by atoms with Crippen molar-refractivity contribution in [3.63, 3.8) is 0 Å². The van der Waals surface area contributed by atoms with E-state index in [9.17, 15) is 34.8 Å². The number of benzene rings is 4. The predicted octanol–water partition coefficient (Wildman–Crippen LogP) is 7.51. The Kier molecular flexibility index (Phi) is 13.6. The molecule has 2 aromatic heterocycles. The molecule has 4 heterocycles. The number of hydrogen-bond donors (Lipinski definition) is 6. The van der Waals surface area contributed by atoms with E-state index in [1.54, 1.807) is 12.1 Å². The number of nitrogens with one attached hydrogen (secondary N) is 1. The van der Waals surface area contributed by atoms with Gasteiger partial charge in [0.2, 0.25) is 11.7 Å². The second-order valence-corrected chi connectivity index (χ2v) is 18.7. The summed E-state index contributed by atoms with van der Waals surface area (Å²) in [6, 6.07) is 17.6. The van der Waals surface area contributed by atoms with Gasteiger partial charge in [-0.25, -0.2) is 0 Å². The maximum atomic E-state index is 14.1. The van der Waals surface area contributed by atoms with Gasteiger partial charge in [0.05, 0.1) is 16.7 Å². The number of primary amides is 1. The molecule has 356 valence electrons. The monoisotopic (exact) mass is 925 g/mol. The zero-order chi connectivity index (χ0) is 48.6. The van der Waals surface area contributed by atoms with E-state index in [2.05, 4.69) is 20.5 Å². The van der Waals surface area contributed by atoms with Crippen molar-refractivity contribution in [2.45, 2.75) is 78.3 Å². The molecule has 8 rings (SSSR count). The van der Waals surface area contributed by atoms with Crippen molar-refractivity contribution in [1.82, 2.24) is 30.3 Å². The van der Waals surface area contributed by atoms with Crippen LogP contribution in [-0.2, 0) is 30.7 Å². The van der Waals surface area contributed by atoms with Crippen molar-refractivity contribution in [3.8, 4) is 67.8 Å². The summed E-state index contributed by atoms with van der Waals surface area (Å²) in [5.41, 5.74) is 14.2. The number of fused-ring (bicyclic) bond motifs is 2. The summed E-state index contributed by atoms with van der Waals surface area (Å²) in [5, 5.41) is 54.6. The molecule has 0 radical (unpaired) electrons. The summed E-state index contributed by atoms with van der Waals surface area (Å²) in [7, 11) is 3.89. The highest BCUT2D eigenvalue weighted by molar-refractivity contribution is 6.03. The molecule has 0 fully saturated rings. The number of amides is 3. The maximum Gasteiger partial charge on any atom is 0.288 e. The third-order valence-corrected chi connectivity index (χ3v) is 13.0. The third kappa shape index (κ3) is 9.64. The minimum Gasteiger partial charge on any atom is -0.508 e. The average Bonchev–Trinajstić information content (AvgIpc) is 3.95. The topological polar surface area (TPSA) is 232 Å². The van der Waals surface area contributed by atoms with Crippen LogP contribution in [0.2, 0.25) is 0 Å². The van der Waals surface area contributed by atoms with E-state index in [1.165, 1.54) is 12.1 Å². The molecule has 4 aromatic carbocycles. The van der Waals surface area contributed by atoms with Gasteiger partial charge in [0, 0.05) is 69.9 Å². The van der Waals surface area contributed by atoms with Crippen LogP contribution in [0.15, 0.2) is 69.7 Å². The fourth-order valence-electron chi connectivity index (χ4n) is 9.24. The van der Waals surface area contributed by atoms with Gasteiger partial charge >= 0.3 is 0 Å². The van der Waals surface area contributed by atoms with E-state index in [4.69, 9.17) is 14.8 Å². The van der Waals surface area contributed by atoms with E-state index >= 15 is 0 Å². The number of phenols is 4. The molecule has 6 aromatic rings. The number of carbonyl (C=O) groups is 3. The van der Waals surface area contributed by atoms with Crippen LogP contribution >= 0.6 is 0 Å². The first-order chi connectivity index (χ1) is 32.5. The minimum absolute atomic E-state index is 0.0462. The lowest BCUT2D eigenvalue weighted by atomic mass is 9.91. The number of nitrogens with two attached hydrogens (primary N) is 1. The van der Waals surface area contributed by atoms with Crippen molar-refractivity contribution < 1.29 is 43.9 Å². The number of phenolic OH excluding ortho intramolecular Hbond substituents is 4. The standard InChI is InChI=1S/C52H59N7O9/c1-28(2)36-22-38(42(62)24-40(36)60)47-45(50(51(53)65)68-55-47)32-8-10-34-26-58(18-12-30(34)20-32)16-7-15-54-52(66)48-46(49(67-56-48)39-23-37(29(3)4)41(61)25-43(39)63)33-9-11-35-27-59(19-13-31(35)21-33)44(64)14-17-57(5)6/h8-11,20-25,28-29,60-63H,7,12-19,26-27H2,1-6H3,(H2,53,65)(H,54,66). The molecule has 0 unspecified atom stereocenters. The van der Waals surface area contributed by atoms with E-state index in [1.807, 2.05) is 88.0 Å². The number of nitrogens with zero attached hydrogens (tertiary/aromatic N) is 5. The first kappa shape index (κ1) is 47.3. The van der Waals surface area contributed by atoms with Crippen molar-refractivity contribution in [2.24, 2.45) is 5.73 Å². The normalized spacial score (nSPS) is 13.9. The number of rotatable bonds is 15. The molecule has 0 saturated carbocycles. The highest BCUT2D eigenvalue weighted by atomic mass is 16.5. The van der Waals surface area contributed by atoms with Gasteiger partial charge in [-0.15, -0.1) is 0 Å². The molecule has 0 atom stereocenters. The Morgan fingerprint density at radius 3 is 1.97 bits per heavy atom. The van der Waals surface area contributed by atoms with E-state index in [-0.39, 0.29) is 63.6 Å². The summed E-state index contributed by atoms with van der Waals surface area (Å²) in [6.45, 7) is 11.9. The quantitative estimate of drug-likeness (QED) is 0.0548. The van der Waals surface area contributed by atoms with Crippen LogP contribution in [0.3, 0.4) is 0 Å². The van der Waals surface area contributed by atoms with Crippen LogP contribution in [0.25, 0.3) is 44.8 Å². The van der Waals surface area contributed by atoms with Gasteiger partial charge in [0.15, 0.2) is 11.5 Å². The van der Waals surface area contributed by atoms with Gasteiger partial charge in [0.1, 0.15) is 28.7 Å². The SMILES string of the molecule is CC(C)c1cc(-c2noc(C(N)=O)c2-c2ccc3c(c2)CCN(CCCNC(=O)c2noc(-c4cc(C(C)C)c(O)cc4O)c2-c2ccc4c(c2)CCN(C(=O)CCN(C)C)C4)C3)c(O)cc1O. The molecule has 2 aliphatic rings. The van der Waals surface area contributed by atoms with Gasteiger partial charge in [-0.1, -0.05) is 74.4 Å². The second kappa shape index (κ2) is 19.6. The van der Waals surface area contributed by atoms with Gasteiger partial charge in [-0.05, 0) is 102 Å². The number of aromatic hydroxyl groups is 4. The largest absolute Gasteiger partial charge is 0.508 e. The summed E-state index contributed by atoms with van der Waals surface area (Å²) in [4.78, 5) is 45.8.